The summed E-state index contributed by atoms with van der Waals surface area (Å²) in [6.45, 7) is 4.61. The Balaban J connectivity index is 1.28. The number of aromatic amines is 1. The van der Waals surface area contributed by atoms with Crippen LogP contribution in [0.4, 0.5) is 0 Å². The number of hydrogen-bond acceptors (Lipinski definition) is 5. The number of ether oxygens (including phenoxy) is 1. The molecule has 0 aromatic carbocycles. The van der Waals surface area contributed by atoms with Crippen LogP contribution < -0.4 is 0 Å². The van der Waals surface area contributed by atoms with Crippen molar-refractivity contribution in [2.45, 2.75) is 50.9 Å². The number of carbonyl (C=O) groups excluding carboxylic acids is 3. The highest BCUT2D eigenvalue weighted by atomic mass is 16.5. The molecule has 0 saturated carbocycles. The number of piperidine rings is 2. The van der Waals surface area contributed by atoms with E-state index in [9.17, 15) is 14.4 Å². The lowest BCUT2D eigenvalue weighted by atomic mass is 9.92. The van der Waals surface area contributed by atoms with Gasteiger partial charge in [0.25, 0.3) is 5.91 Å². The average Bonchev–Trinajstić information content (AvgIpc) is 3.46. The fraction of sp³-hybridized carbons (Fsp3) is 0.727. The molecule has 0 unspecified atom stereocenters. The van der Waals surface area contributed by atoms with Crippen LogP contribution in [-0.2, 0) is 14.3 Å². The van der Waals surface area contributed by atoms with Crippen LogP contribution >= 0.6 is 0 Å². The maximum atomic E-state index is 13.0. The van der Waals surface area contributed by atoms with E-state index in [0.717, 1.165) is 57.4 Å². The molecule has 3 fully saturated rings. The van der Waals surface area contributed by atoms with Crippen LogP contribution in [-0.4, -0.2) is 95.1 Å². The van der Waals surface area contributed by atoms with E-state index in [1.54, 1.807) is 11.1 Å². The molecule has 0 bridgehead atoms. The molecule has 4 heterocycles. The maximum Gasteiger partial charge on any atom is 0.257 e. The van der Waals surface area contributed by atoms with Gasteiger partial charge in [0.05, 0.1) is 24.1 Å². The number of H-pyrrole nitrogens is 1. The predicted molar refractivity (Wildman–Crippen MR) is 114 cm³/mol. The average molecular weight is 432 g/mol. The molecule has 0 spiro atoms. The first-order chi connectivity index (χ1) is 15.1. The lowest BCUT2D eigenvalue weighted by Gasteiger charge is -2.33. The first-order valence-corrected chi connectivity index (χ1v) is 11.6. The van der Waals surface area contributed by atoms with Gasteiger partial charge in [-0.25, -0.2) is 0 Å². The fourth-order valence-corrected chi connectivity index (χ4v) is 4.85. The molecular formula is C22H33N5O4. The standard InChI is InChI=1S/C22H33N5O4/c28-19-7-5-10-25(19)12-13-31-16-20(29)27-11-4-6-17(15-27)21-18(14-23-24-21)22(30)26-8-2-1-3-9-26/h14,17H,1-13,15-16H2,(H,23,24)/t17-/m1/s1. The van der Waals surface area contributed by atoms with Gasteiger partial charge in [0, 0.05) is 51.6 Å². The van der Waals surface area contributed by atoms with Crippen LogP contribution in [0.15, 0.2) is 6.20 Å². The number of hydrogen-bond donors (Lipinski definition) is 1. The summed E-state index contributed by atoms with van der Waals surface area (Å²) < 4.78 is 5.56. The van der Waals surface area contributed by atoms with Gasteiger partial charge >= 0.3 is 0 Å². The second-order valence-electron chi connectivity index (χ2n) is 8.77. The third-order valence-electron chi connectivity index (χ3n) is 6.63. The van der Waals surface area contributed by atoms with Gasteiger partial charge in [0.1, 0.15) is 6.61 Å². The number of likely N-dealkylation sites (tertiary alicyclic amines) is 3. The molecule has 1 N–H and O–H groups in total. The Kier molecular flexibility index (Phi) is 7.21. The van der Waals surface area contributed by atoms with Gasteiger partial charge in [0.15, 0.2) is 0 Å². The Labute approximate surface area is 183 Å². The van der Waals surface area contributed by atoms with E-state index < -0.39 is 0 Å². The molecule has 3 aliphatic heterocycles. The van der Waals surface area contributed by atoms with Gasteiger partial charge < -0.3 is 19.4 Å². The number of nitrogens with one attached hydrogen (secondary N) is 1. The summed E-state index contributed by atoms with van der Waals surface area (Å²) in [4.78, 5) is 42.8. The van der Waals surface area contributed by atoms with Gasteiger partial charge in [-0.1, -0.05) is 0 Å². The van der Waals surface area contributed by atoms with Crippen LogP contribution in [0.3, 0.4) is 0 Å². The molecule has 0 aliphatic carbocycles. The minimum absolute atomic E-state index is 0.0251. The zero-order chi connectivity index (χ0) is 21.6. The molecule has 3 saturated heterocycles. The highest BCUT2D eigenvalue weighted by Crippen LogP contribution is 2.29. The van der Waals surface area contributed by atoms with Crippen molar-refractivity contribution in [2.24, 2.45) is 0 Å². The minimum atomic E-state index is -0.0409. The Morgan fingerprint density at radius 2 is 1.87 bits per heavy atom. The molecular weight excluding hydrogens is 398 g/mol. The Hall–Kier alpha value is -2.42. The van der Waals surface area contributed by atoms with E-state index in [2.05, 4.69) is 10.2 Å². The smallest absolute Gasteiger partial charge is 0.257 e. The normalized spacial score (nSPS) is 22.3. The van der Waals surface area contributed by atoms with E-state index in [1.807, 2.05) is 9.80 Å². The number of rotatable bonds is 7. The Bertz CT molecular complexity index is 789. The maximum absolute atomic E-state index is 13.0. The lowest BCUT2D eigenvalue weighted by molar-refractivity contribution is -0.137. The van der Waals surface area contributed by atoms with E-state index in [4.69, 9.17) is 4.74 Å². The zero-order valence-corrected chi connectivity index (χ0v) is 18.2. The van der Waals surface area contributed by atoms with Crippen molar-refractivity contribution in [3.05, 3.63) is 17.5 Å². The molecule has 170 valence electrons. The number of amides is 3. The number of nitrogens with zero attached hydrogens (tertiary/aromatic N) is 4. The molecule has 4 rings (SSSR count). The summed E-state index contributed by atoms with van der Waals surface area (Å²) in [5.74, 6) is 0.252. The van der Waals surface area contributed by atoms with Crippen LogP contribution in [0.1, 0.15) is 66.9 Å². The van der Waals surface area contributed by atoms with Crippen molar-refractivity contribution >= 4 is 17.7 Å². The summed E-state index contributed by atoms with van der Waals surface area (Å²) in [5.41, 5.74) is 1.49. The number of aromatic nitrogens is 2. The summed E-state index contributed by atoms with van der Waals surface area (Å²) in [7, 11) is 0. The van der Waals surface area contributed by atoms with Crippen molar-refractivity contribution < 1.29 is 19.1 Å². The van der Waals surface area contributed by atoms with Crippen LogP contribution in [0.5, 0.6) is 0 Å². The summed E-state index contributed by atoms with van der Waals surface area (Å²) >= 11 is 0. The van der Waals surface area contributed by atoms with Gasteiger partial charge in [0.2, 0.25) is 11.8 Å². The molecule has 9 nitrogen and oxygen atoms in total. The van der Waals surface area contributed by atoms with E-state index in [-0.39, 0.29) is 30.2 Å². The minimum Gasteiger partial charge on any atom is -0.370 e. The Morgan fingerprint density at radius 1 is 1.06 bits per heavy atom. The highest BCUT2D eigenvalue weighted by molar-refractivity contribution is 5.95. The van der Waals surface area contributed by atoms with Gasteiger partial charge in [-0.3, -0.25) is 19.5 Å². The topological polar surface area (TPSA) is 98.8 Å². The first-order valence-electron chi connectivity index (χ1n) is 11.6. The molecule has 1 aromatic heterocycles. The number of carbonyl (C=O) groups is 3. The largest absolute Gasteiger partial charge is 0.370 e. The molecule has 3 amide bonds. The van der Waals surface area contributed by atoms with Crippen molar-refractivity contribution in [1.29, 1.82) is 0 Å². The van der Waals surface area contributed by atoms with E-state index in [1.165, 1.54) is 6.42 Å². The Morgan fingerprint density at radius 3 is 2.65 bits per heavy atom. The van der Waals surface area contributed by atoms with Crippen molar-refractivity contribution in [2.75, 3.05) is 52.5 Å². The fourth-order valence-electron chi connectivity index (χ4n) is 4.85. The van der Waals surface area contributed by atoms with Gasteiger partial charge in [-0.05, 0) is 38.5 Å². The molecule has 9 heteroatoms. The molecule has 3 aliphatic rings. The van der Waals surface area contributed by atoms with Crippen LogP contribution in [0.2, 0.25) is 0 Å². The van der Waals surface area contributed by atoms with Gasteiger partial charge in [-0.2, -0.15) is 5.10 Å². The van der Waals surface area contributed by atoms with Crippen molar-refractivity contribution in [3.63, 3.8) is 0 Å². The molecule has 31 heavy (non-hydrogen) atoms. The zero-order valence-electron chi connectivity index (χ0n) is 18.2. The van der Waals surface area contributed by atoms with E-state index in [0.29, 0.717) is 38.2 Å². The van der Waals surface area contributed by atoms with Crippen LogP contribution in [0.25, 0.3) is 0 Å². The lowest BCUT2D eigenvalue weighted by Crippen LogP contribution is -2.42. The third kappa shape index (κ3) is 5.26. The monoisotopic (exact) mass is 431 g/mol. The second-order valence-corrected chi connectivity index (χ2v) is 8.77. The third-order valence-corrected chi connectivity index (χ3v) is 6.63. The summed E-state index contributed by atoms with van der Waals surface area (Å²) in [6, 6.07) is 0. The predicted octanol–water partition coefficient (Wildman–Crippen LogP) is 1.38. The summed E-state index contributed by atoms with van der Waals surface area (Å²) in [6.07, 6.45) is 8.24. The first kappa shape index (κ1) is 21.8. The quantitative estimate of drug-likeness (QED) is 0.658. The highest BCUT2D eigenvalue weighted by Gasteiger charge is 2.30. The van der Waals surface area contributed by atoms with Gasteiger partial charge in [-0.15, -0.1) is 0 Å². The SMILES string of the molecule is O=C1CCCN1CCOCC(=O)N1CCC[C@@H](c2[nH]ncc2C(=O)N2CCCCC2)C1. The molecule has 1 atom stereocenters. The molecule has 0 radical (unpaired) electrons. The van der Waals surface area contributed by atoms with Crippen molar-refractivity contribution in [1.82, 2.24) is 24.9 Å². The van der Waals surface area contributed by atoms with Crippen LogP contribution in [0, 0.1) is 0 Å². The second kappa shape index (κ2) is 10.3. The van der Waals surface area contributed by atoms with Crippen molar-refractivity contribution in [3.8, 4) is 0 Å². The summed E-state index contributed by atoms with van der Waals surface area (Å²) in [5, 5.41) is 7.19. The molecule has 1 aromatic rings. The van der Waals surface area contributed by atoms with E-state index >= 15 is 0 Å².